The molecule has 27 heavy (non-hydrogen) atoms. The molecule has 7 heteroatoms. The van der Waals surface area contributed by atoms with E-state index >= 15 is 0 Å². The van der Waals surface area contributed by atoms with E-state index in [0.717, 1.165) is 17.0 Å². The molecule has 2 N–H and O–H groups in total. The zero-order valence-corrected chi connectivity index (χ0v) is 15.8. The Kier molecular flexibility index (Phi) is 5.57. The summed E-state index contributed by atoms with van der Waals surface area (Å²) >= 11 is 6.17. The Morgan fingerprint density at radius 2 is 1.78 bits per heavy atom. The maximum atomic E-state index is 12.1. The van der Waals surface area contributed by atoms with Gasteiger partial charge < -0.3 is 10.6 Å². The third kappa shape index (κ3) is 4.35. The maximum absolute atomic E-state index is 12.1. The van der Waals surface area contributed by atoms with Crippen molar-refractivity contribution >= 4 is 23.4 Å². The van der Waals surface area contributed by atoms with E-state index in [2.05, 4.69) is 10.3 Å². The zero-order valence-electron chi connectivity index (χ0n) is 15.0. The third-order valence-corrected chi connectivity index (χ3v) is 4.66. The molecule has 0 bridgehead atoms. The van der Waals surface area contributed by atoms with Crippen LogP contribution < -0.4 is 5.73 Å². The SMILES string of the molecule is Cc1nn(Cc2ccc(C(=O)O/N=C(\N)c3ccccc3)cc2)c(C)c1Cl. The molecule has 138 valence electrons. The summed E-state index contributed by atoms with van der Waals surface area (Å²) in [6.07, 6.45) is 0. The number of hydrogen-bond acceptors (Lipinski definition) is 4. The number of aromatic nitrogens is 2. The van der Waals surface area contributed by atoms with Crippen LogP contribution in [0.4, 0.5) is 0 Å². The summed E-state index contributed by atoms with van der Waals surface area (Å²) in [4.78, 5) is 17.1. The highest BCUT2D eigenvalue weighted by Crippen LogP contribution is 2.20. The molecule has 0 saturated carbocycles. The predicted octanol–water partition coefficient (Wildman–Crippen LogP) is 3.68. The highest BCUT2D eigenvalue weighted by molar-refractivity contribution is 6.31. The van der Waals surface area contributed by atoms with E-state index in [4.69, 9.17) is 22.2 Å². The van der Waals surface area contributed by atoms with Crippen LogP contribution in [0.1, 0.15) is 32.9 Å². The van der Waals surface area contributed by atoms with E-state index in [1.165, 1.54) is 0 Å². The van der Waals surface area contributed by atoms with Crippen LogP contribution in [0.15, 0.2) is 59.8 Å². The number of hydrogen-bond donors (Lipinski definition) is 1. The fourth-order valence-corrected chi connectivity index (χ4v) is 2.69. The first-order valence-electron chi connectivity index (χ1n) is 8.34. The minimum Gasteiger partial charge on any atom is -0.380 e. The van der Waals surface area contributed by atoms with E-state index < -0.39 is 5.97 Å². The highest BCUT2D eigenvalue weighted by Gasteiger charge is 2.11. The van der Waals surface area contributed by atoms with Gasteiger partial charge in [0.2, 0.25) is 0 Å². The van der Waals surface area contributed by atoms with Gasteiger partial charge in [0.05, 0.1) is 28.5 Å². The summed E-state index contributed by atoms with van der Waals surface area (Å²) in [5.41, 5.74) is 9.57. The monoisotopic (exact) mass is 382 g/mol. The molecule has 0 unspecified atom stereocenters. The fraction of sp³-hybridized carbons (Fsp3) is 0.150. The lowest BCUT2D eigenvalue weighted by molar-refractivity contribution is 0.0516. The summed E-state index contributed by atoms with van der Waals surface area (Å²) in [5.74, 6) is -0.434. The van der Waals surface area contributed by atoms with E-state index in [0.29, 0.717) is 22.7 Å². The molecule has 2 aromatic carbocycles. The van der Waals surface area contributed by atoms with Gasteiger partial charge in [0.15, 0.2) is 5.84 Å². The van der Waals surface area contributed by atoms with Crippen molar-refractivity contribution in [2.45, 2.75) is 20.4 Å². The molecule has 0 saturated heterocycles. The molecule has 6 nitrogen and oxygen atoms in total. The van der Waals surface area contributed by atoms with Crippen molar-refractivity contribution < 1.29 is 9.63 Å². The number of rotatable bonds is 5. The number of carbonyl (C=O) groups is 1. The first-order valence-corrected chi connectivity index (χ1v) is 8.72. The number of halogens is 1. The fourth-order valence-electron chi connectivity index (χ4n) is 2.55. The molecule has 1 aromatic heterocycles. The molecule has 0 aliphatic carbocycles. The van der Waals surface area contributed by atoms with Gasteiger partial charge in [-0.25, -0.2) is 4.79 Å². The predicted molar refractivity (Wildman–Crippen MR) is 105 cm³/mol. The van der Waals surface area contributed by atoms with Gasteiger partial charge in [0.1, 0.15) is 0 Å². The van der Waals surface area contributed by atoms with Gasteiger partial charge >= 0.3 is 5.97 Å². The molecule has 0 aliphatic heterocycles. The van der Waals surface area contributed by atoms with Crippen molar-refractivity contribution in [3.8, 4) is 0 Å². The zero-order chi connectivity index (χ0) is 19.4. The molecule has 0 amide bonds. The molecule has 0 radical (unpaired) electrons. The minimum absolute atomic E-state index is 0.141. The lowest BCUT2D eigenvalue weighted by Gasteiger charge is -2.06. The highest BCUT2D eigenvalue weighted by atomic mass is 35.5. The summed E-state index contributed by atoms with van der Waals surface area (Å²) in [5, 5.41) is 8.77. The number of amidine groups is 1. The topological polar surface area (TPSA) is 82.5 Å². The van der Waals surface area contributed by atoms with Gasteiger partial charge in [-0.3, -0.25) is 4.68 Å². The van der Waals surface area contributed by atoms with Gasteiger partial charge in [0, 0.05) is 5.56 Å². The van der Waals surface area contributed by atoms with Crippen LogP contribution in [0.3, 0.4) is 0 Å². The van der Waals surface area contributed by atoms with Crippen LogP contribution in [-0.2, 0) is 11.4 Å². The average molecular weight is 383 g/mol. The van der Waals surface area contributed by atoms with E-state index in [9.17, 15) is 4.79 Å². The number of nitrogens with two attached hydrogens (primary N) is 1. The Morgan fingerprint density at radius 3 is 2.37 bits per heavy atom. The van der Waals surface area contributed by atoms with Crippen LogP contribution in [-0.4, -0.2) is 21.6 Å². The van der Waals surface area contributed by atoms with Crippen LogP contribution in [0.2, 0.25) is 5.02 Å². The summed E-state index contributed by atoms with van der Waals surface area (Å²) in [7, 11) is 0. The van der Waals surface area contributed by atoms with E-state index in [1.807, 2.05) is 48.9 Å². The molecule has 3 rings (SSSR count). The van der Waals surface area contributed by atoms with Crippen molar-refractivity contribution in [2.24, 2.45) is 10.9 Å². The second-order valence-electron chi connectivity index (χ2n) is 6.06. The van der Waals surface area contributed by atoms with Crippen molar-refractivity contribution in [1.82, 2.24) is 9.78 Å². The minimum atomic E-state index is -0.574. The molecule has 1 heterocycles. The van der Waals surface area contributed by atoms with Crippen LogP contribution in [0.5, 0.6) is 0 Å². The molecular formula is C20H19ClN4O2. The van der Waals surface area contributed by atoms with E-state index in [-0.39, 0.29) is 5.84 Å². The second kappa shape index (κ2) is 8.05. The lowest BCUT2D eigenvalue weighted by Crippen LogP contribution is -2.15. The summed E-state index contributed by atoms with van der Waals surface area (Å²) in [6.45, 7) is 4.35. The van der Waals surface area contributed by atoms with Crippen LogP contribution in [0.25, 0.3) is 0 Å². The summed E-state index contributed by atoms with van der Waals surface area (Å²) in [6, 6.07) is 16.1. The van der Waals surface area contributed by atoms with Gasteiger partial charge in [-0.2, -0.15) is 5.10 Å². The molecule has 0 atom stereocenters. The van der Waals surface area contributed by atoms with Crippen LogP contribution >= 0.6 is 11.6 Å². The van der Waals surface area contributed by atoms with Crippen LogP contribution in [0, 0.1) is 13.8 Å². The Labute approximate surface area is 162 Å². The van der Waals surface area contributed by atoms with Crippen molar-refractivity contribution in [3.63, 3.8) is 0 Å². The van der Waals surface area contributed by atoms with Crippen molar-refractivity contribution in [1.29, 1.82) is 0 Å². The average Bonchev–Trinajstić information content (AvgIpc) is 2.93. The molecule has 3 aromatic rings. The Balaban J connectivity index is 1.66. The van der Waals surface area contributed by atoms with Crippen molar-refractivity contribution in [3.05, 3.63) is 87.7 Å². The number of benzene rings is 2. The first-order chi connectivity index (χ1) is 13.0. The van der Waals surface area contributed by atoms with E-state index in [1.54, 1.807) is 24.3 Å². The number of carbonyl (C=O) groups excluding carboxylic acids is 1. The smallest absolute Gasteiger partial charge is 0.365 e. The largest absolute Gasteiger partial charge is 0.380 e. The number of aryl methyl sites for hydroxylation is 1. The second-order valence-corrected chi connectivity index (χ2v) is 6.44. The Hall–Kier alpha value is -3.12. The molecular weight excluding hydrogens is 364 g/mol. The summed E-state index contributed by atoms with van der Waals surface area (Å²) < 4.78 is 1.83. The third-order valence-electron chi connectivity index (χ3n) is 4.11. The standard InChI is InChI=1S/C20H19ClN4O2/c1-13-18(21)14(2)25(23-13)12-15-8-10-17(11-9-15)20(26)27-24-19(22)16-6-4-3-5-7-16/h3-11H,12H2,1-2H3,(H2,22,24). The first kappa shape index (κ1) is 18.7. The van der Waals surface area contributed by atoms with Gasteiger partial charge in [-0.15, -0.1) is 0 Å². The van der Waals surface area contributed by atoms with Crippen molar-refractivity contribution in [2.75, 3.05) is 0 Å². The lowest BCUT2D eigenvalue weighted by atomic mass is 10.1. The van der Waals surface area contributed by atoms with Gasteiger partial charge in [-0.05, 0) is 31.5 Å². The molecule has 0 spiro atoms. The Morgan fingerprint density at radius 1 is 1.11 bits per heavy atom. The molecule has 0 aliphatic rings. The normalized spacial score (nSPS) is 11.4. The quantitative estimate of drug-likeness (QED) is 0.316. The maximum Gasteiger partial charge on any atom is 0.365 e. The number of oxime groups is 1. The molecule has 0 fully saturated rings. The van der Waals surface area contributed by atoms with Gasteiger partial charge in [-0.1, -0.05) is 59.2 Å². The number of nitrogens with zero attached hydrogens (tertiary/aromatic N) is 3. The van der Waals surface area contributed by atoms with Gasteiger partial charge in [0.25, 0.3) is 0 Å². The Bertz CT molecular complexity index is 979.